The first kappa shape index (κ1) is 20.1. The number of aliphatic carboxylic acids is 1. The highest BCUT2D eigenvalue weighted by Crippen LogP contribution is 2.36. The van der Waals surface area contributed by atoms with Gasteiger partial charge in [-0.3, -0.25) is 4.79 Å². The van der Waals surface area contributed by atoms with Crippen molar-refractivity contribution < 1.29 is 27.8 Å². The summed E-state index contributed by atoms with van der Waals surface area (Å²) in [6.45, 7) is 5.01. The van der Waals surface area contributed by atoms with E-state index in [1.807, 2.05) is 12.3 Å². The lowest BCUT2D eigenvalue weighted by atomic mass is 9.98. The molecular weight excluding hydrogens is 393 g/mol. The first-order valence-corrected chi connectivity index (χ1v) is 9.23. The highest BCUT2D eigenvalue weighted by atomic mass is 32.1. The van der Waals surface area contributed by atoms with Crippen molar-refractivity contribution in [3.8, 4) is 5.75 Å². The molecule has 0 bridgehead atoms. The zero-order chi connectivity index (χ0) is 20.6. The Morgan fingerprint density at radius 3 is 2.64 bits per heavy atom. The molecule has 0 saturated heterocycles. The van der Waals surface area contributed by atoms with Crippen molar-refractivity contribution in [3.63, 3.8) is 0 Å². The van der Waals surface area contributed by atoms with E-state index in [1.54, 1.807) is 19.1 Å². The van der Waals surface area contributed by atoms with E-state index < -0.39 is 23.9 Å². The van der Waals surface area contributed by atoms with Gasteiger partial charge in [-0.25, -0.2) is 9.97 Å². The molecule has 9 heteroatoms. The molecule has 5 nitrogen and oxygen atoms in total. The molecule has 0 aliphatic carbocycles. The Bertz CT molecular complexity index is 1050. The van der Waals surface area contributed by atoms with Crippen molar-refractivity contribution in [3.05, 3.63) is 51.9 Å². The Hall–Kier alpha value is -2.68. The molecule has 28 heavy (non-hydrogen) atoms. The topological polar surface area (TPSA) is 72.3 Å². The van der Waals surface area contributed by atoms with Gasteiger partial charge >= 0.3 is 12.1 Å². The molecule has 0 fully saturated rings. The minimum Gasteiger partial charge on any atom is -0.489 e. The van der Waals surface area contributed by atoms with Crippen molar-refractivity contribution in [2.45, 2.75) is 39.5 Å². The summed E-state index contributed by atoms with van der Waals surface area (Å²) in [6, 6.07) is 3.58. The molecule has 1 unspecified atom stereocenters. The monoisotopic (exact) mass is 410 g/mol. The van der Waals surface area contributed by atoms with Gasteiger partial charge in [0.1, 0.15) is 12.4 Å². The van der Waals surface area contributed by atoms with Crippen LogP contribution in [0.2, 0.25) is 0 Å². The Morgan fingerprint density at radius 2 is 2.04 bits per heavy atom. The van der Waals surface area contributed by atoms with Crippen LogP contribution in [-0.4, -0.2) is 21.0 Å². The molecule has 1 atom stereocenters. The number of halogens is 3. The summed E-state index contributed by atoms with van der Waals surface area (Å²) in [5.74, 6) is -2.14. The van der Waals surface area contributed by atoms with E-state index in [2.05, 4.69) is 9.97 Å². The lowest BCUT2D eigenvalue weighted by molar-refractivity contribution is -0.145. The standard InChI is InChI=1S/C19H17F3N2O3S/c1-9-4-13(5-15-16(9)14(8-28-15)10(2)17(25)26)27-7-12-6-23-18(19(20,21)22)24-11(12)3/h4-6,8,10H,7H2,1-3H3,(H,25,26). The normalized spacial score (nSPS) is 12.9. The van der Waals surface area contributed by atoms with Crippen molar-refractivity contribution in [1.82, 2.24) is 9.97 Å². The second-order valence-electron chi connectivity index (χ2n) is 6.45. The van der Waals surface area contributed by atoms with Crippen LogP contribution in [0.5, 0.6) is 5.75 Å². The third-order valence-electron chi connectivity index (χ3n) is 4.44. The molecule has 1 aromatic carbocycles. The van der Waals surface area contributed by atoms with Gasteiger partial charge < -0.3 is 9.84 Å². The molecule has 3 rings (SSSR count). The van der Waals surface area contributed by atoms with Gasteiger partial charge in [0, 0.05) is 22.2 Å². The number of thiophene rings is 1. The van der Waals surface area contributed by atoms with Crippen LogP contribution in [0.15, 0.2) is 23.7 Å². The van der Waals surface area contributed by atoms with Crippen LogP contribution >= 0.6 is 11.3 Å². The van der Waals surface area contributed by atoms with Gasteiger partial charge in [-0.2, -0.15) is 13.2 Å². The van der Waals surface area contributed by atoms with E-state index in [1.165, 1.54) is 18.3 Å². The summed E-state index contributed by atoms with van der Waals surface area (Å²) >= 11 is 1.42. The number of aryl methyl sites for hydroxylation is 2. The number of hydrogen-bond acceptors (Lipinski definition) is 5. The van der Waals surface area contributed by atoms with E-state index in [-0.39, 0.29) is 12.3 Å². The zero-order valence-corrected chi connectivity index (χ0v) is 16.1. The van der Waals surface area contributed by atoms with Gasteiger partial charge in [0.2, 0.25) is 5.82 Å². The van der Waals surface area contributed by atoms with Gasteiger partial charge in [-0.15, -0.1) is 11.3 Å². The third-order valence-corrected chi connectivity index (χ3v) is 5.39. The van der Waals surface area contributed by atoms with E-state index in [9.17, 15) is 23.1 Å². The van der Waals surface area contributed by atoms with Crippen molar-refractivity contribution in [2.75, 3.05) is 0 Å². The number of carboxylic acids is 1. The Morgan fingerprint density at radius 1 is 1.32 bits per heavy atom. The maximum absolute atomic E-state index is 12.7. The van der Waals surface area contributed by atoms with Gasteiger partial charge in [0.15, 0.2) is 0 Å². The van der Waals surface area contributed by atoms with Gasteiger partial charge in [-0.1, -0.05) is 0 Å². The number of ether oxygens (including phenoxy) is 1. The summed E-state index contributed by atoms with van der Waals surface area (Å²) in [4.78, 5) is 18.1. The van der Waals surface area contributed by atoms with E-state index in [0.29, 0.717) is 11.3 Å². The first-order chi connectivity index (χ1) is 13.1. The minimum absolute atomic E-state index is 0.0265. The lowest BCUT2D eigenvalue weighted by Gasteiger charge is -2.12. The number of fused-ring (bicyclic) bond motifs is 1. The number of rotatable bonds is 5. The fraction of sp³-hybridized carbons (Fsp3) is 0.316. The maximum Gasteiger partial charge on any atom is 0.451 e. The predicted molar refractivity (Wildman–Crippen MR) is 98.7 cm³/mol. The van der Waals surface area contributed by atoms with Gasteiger partial charge in [0.25, 0.3) is 0 Å². The highest BCUT2D eigenvalue weighted by Gasteiger charge is 2.34. The van der Waals surface area contributed by atoms with Crippen molar-refractivity contribution in [2.24, 2.45) is 0 Å². The predicted octanol–water partition coefficient (Wildman–Crippen LogP) is 5.09. The van der Waals surface area contributed by atoms with E-state index in [4.69, 9.17) is 4.74 Å². The van der Waals surface area contributed by atoms with Crippen LogP contribution in [0.3, 0.4) is 0 Å². The number of nitrogens with zero attached hydrogens (tertiary/aromatic N) is 2. The summed E-state index contributed by atoms with van der Waals surface area (Å²) < 4.78 is 44.6. The number of carboxylic acid groups (broad SMARTS) is 1. The number of carbonyl (C=O) groups is 1. The molecule has 0 saturated carbocycles. The minimum atomic E-state index is -4.59. The van der Waals surface area contributed by atoms with Gasteiger partial charge in [-0.05, 0) is 54.8 Å². The molecule has 2 aromatic heterocycles. The Balaban J connectivity index is 1.83. The Kier molecular flexibility index (Phi) is 5.29. The zero-order valence-electron chi connectivity index (χ0n) is 15.3. The first-order valence-electron chi connectivity index (χ1n) is 8.35. The summed E-state index contributed by atoms with van der Waals surface area (Å²) in [6.07, 6.45) is -3.47. The molecule has 2 heterocycles. The fourth-order valence-electron chi connectivity index (χ4n) is 2.84. The molecule has 0 spiro atoms. The van der Waals surface area contributed by atoms with Gasteiger partial charge in [0.05, 0.1) is 5.92 Å². The molecule has 148 valence electrons. The van der Waals surface area contributed by atoms with Crippen LogP contribution in [0.1, 0.15) is 41.1 Å². The molecule has 3 aromatic rings. The maximum atomic E-state index is 12.7. The van der Waals surface area contributed by atoms with Crippen LogP contribution in [0.25, 0.3) is 10.1 Å². The lowest BCUT2D eigenvalue weighted by Crippen LogP contribution is -2.13. The fourth-order valence-corrected chi connectivity index (χ4v) is 3.99. The number of hydrogen-bond donors (Lipinski definition) is 1. The van der Waals surface area contributed by atoms with Crippen LogP contribution in [-0.2, 0) is 17.6 Å². The average molecular weight is 410 g/mol. The van der Waals surface area contributed by atoms with E-state index in [0.717, 1.165) is 27.4 Å². The molecular formula is C19H17F3N2O3S. The smallest absolute Gasteiger partial charge is 0.451 e. The molecule has 0 radical (unpaired) electrons. The second-order valence-corrected chi connectivity index (χ2v) is 7.37. The SMILES string of the molecule is Cc1nc(C(F)(F)F)ncc1COc1cc(C)c2c(C(C)C(=O)O)csc2c1. The molecule has 0 aliphatic heterocycles. The van der Waals surface area contributed by atoms with Crippen LogP contribution in [0, 0.1) is 13.8 Å². The molecule has 0 aliphatic rings. The number of alkyl halides is 3. The largest absolute Gasteiger partial charge is 0.489 e. The highest BCUT2D eigenvalue weighted by molar-refractivity contribution is 7.17. The average Bonchev–Trinajstić information content (AvgIpc) is 3.03. The molecule has 0 amide bonds. The second kappa shape index (κ2) is 7.38. The van der Waals surface area contributed by atoms with Crippen LogP contribution < -0.4 is 4.74 Å². The Labute approximate surface area is 162 Å². The number of benzene rings is 1. The van der Waals surface area contributed by atoms with Crippen molar-refractivity contribution in [1.29, 1.82) is 0 Å². The number of aromatic nitrogens is 2. The van der Waals surface area contributed by atoms with E-state index >= 15 is 0 Å². The van der Waals surface area contributed by atoms with Crippen molar-refractivity contribution >= 4 is 27.4 Å². The summed E-state index contributed by atoms with van der Waals surface area (Å²) in [7, 11) is 0. The third kappa shape index (κ3) is 3.94. The summed E-state index contributed by atoms with van der Waals surface area (Å²) in [5.41, 5.74) is 2.28. The quantitative estimate of drug-likeness (QED) is 0.634. The molecule has 1 N–H and O–H groups in total. The summed E-state index contributed by atoms with van der Waals surface area (Å²) in [5, 5.41) is 12.0. The van der Waals surface area contributed by atoms with Crippen LogP contribution in [0.4, 0.5) is 13.2 Å².